The summed E-state index contributed by atoms with van der Waals surface area (Å²) in [5.41, 5.74) is 9.37. The van der Waals surface area contributed by atoms with Crippen molar-refractivity contribution in [2.75, 3.05) is 5.32 Å². The van der Waals surface area contributed by atoms with Gasteiger partial charge in [0.05, 0.1) is 12.2 Å². The third kappa shape index (κ3) is 5.76. The van der Waals surface area contributed by atoms with E-state index in [4.69, 9.17) is 5.73 Å². The standard InChI is InChI=1S/C17H24N4S.HI/c1-5-13-7-6-8-14(9-13)20-17(18)19-10-15-21-16(11(2)3)12(4)22-15;/h6-9,11H,5,10H2,1-4H3,(H3,18,19,20);1H. The molecule has 0 aliphatic rings. The molecule has 0 saturated carbocycles. The SMILES string of the molecule is CCc1cccc(NC(N)=NCc2nc(C(C)C)c(C)s2)c1.I. The average molecular weight is 444 g/mol. The van der Waals surface area contributed by atoms with Crippen LogP contribution in [-0.2, 0) is 13.0 Å². The van der Waals surface area contributed by atoms with E-state index in [1.807, 2.05) is 12.1 Å². The van der Waals surface area contributed by atoms with Crippen molar-refractivity contribution in [2.45, 2.75) is 46.6 Å². The highest BCUT2D eigenvalue weighted by Crippen LogP contribution is 2.24. The highest BCUT2D eigenvalue weighted by atomic mass is 127. The number of hydrogen-bond donors (Lipinski definition) is 2. The van der Waals surface area contributed by atoms with Crippen LogP contribution in [0.5, 0.6) is 0 Å². The summed E-state index contributed by atoms with van der Waals surface area (Å²) in [6.45, 7) is 9.08. The first-order chi connectivity index (χ1) is 10.5. The number of nitrogens with zero attached hydrogens (tertiary/aromatic N) is 2. The van der Waals surface area contributed by atoms with E-state index in [0.717, 1.165) is 22.8 Å². The molecule has 6 heteroatoms. The monoisotopic (exact) mass is 444 g/mol. The first kappa shape index (κ1) is 19.9. The number of guanidine groups is 1. The Kier molecular flexibility index (Phi) is 7.98. The summed E-state index contributed by atoms with van der Waals surface area (Å²) in [6.07, 6.45) is 1.00. The molecule has 1 heterocycles. The molecular weight excluding hydrogens is 419 g/mol. The fraction of sp³-hybridized carbons (Fsp3) is 0.412. The molecule has 0 amide bonds. The summed E-state index contributed by atoms with van der Waals surface area (Å²) in [6, 6.07) is 8.20. The molecule has 0 aliphatic carbocycles. The van der Waals surface area contributed by atoms with Gasteiger partial charge in [0.2, 0.25) is 0 Å². The van der Waals surface area contributed by atoms with E-state index in [-0.39, 0.29) is 24.0 Å². The molecule has 0 radical (unpaired) electrons. The van der Waals surface area contributed by atoms with Crippen LogP contribution in [-0.4, -0.2) is 10.9 Å². The van der Waals surface area contributed by atoms with Crippen LogP contribution in [0.1, 0.15) is 47.8 Å². The van der Waals surface area contributed by atoms with Gasteiger partial charge in [0, 0.05) is 10.6 Å². The van der Waals surface area contributed by atoms with Crippen molar-refractivity contribution < 1.29 is 0 Å². The number of halogens is 1. The van der Waals surface area contributed by atoms with Gasteiger partial charge in [-0.15, -0.1) is 35.3 Å². The van der Waals surface area contributed by atoms with Crippen molar-refractivity contribution in [3.05, 3.63) is 45.4 Å². The zero-order valence-corrected chi connectivity index (χ0v) is 17.2. The summed E-state index contributed by atoms with van der Waals surface area (Å²) >= 11 is 1.70. The number of anilines is 1. The number of benzene rings is 1. The lowest BCUT2D eigenvalue weighted by molar-refractivity contribution is 0.814. The smallest absolute Gasteiger partial charge is 0.193 e. The molecule has 23 heavy (non-hydrogen) atoms. The van der Waals surface area contributed by atoms with Crippen molar-refractivity contribution in [3.63, 3.8) is 0 Å². The van der Waals surface area contributed by atoms with Gasteiger partial charge in [-0.05, 0) is 37.0 Å². The second kappa shape index (κ2) is 9.22. The Hall–Kier alpha value is -1.15. The minimum atomic E-state index is 0. The fourth-order valence-electron chi connectivity index (χ4n) is 2.28. The molecular formula is C17H25IN4S. The maximum atomic E-state index is 5.97. The van der Waals surface area contributed by atoms with Gasteiger partial charge < -0.3 is 11.1 Å². The lowest BCUT2D eigenvalue weighted by atomic mass is 10.1. The number of rotatable bonds is 5. The molecule has 0 fully saturated rings. The summed E-state index contributed by atoms with van der Waals surface area (Å²) in [7, 11) is 0. The van der Waals surface area contributed by atoms with Crippen molar-refractivity contribution in [3.8, 4) is 0 Å². The minimum Gasteiger partial charge on any atom is -0.370 e. The highest BCUT2D eigenvalue weighted by molar-refractivity contribution is 14.0. The van der Waals surface area contributed by atoms with Gasteiger partial charge in [0.25, 0.3) is 0 Å². The predicted octanol–water partition coefficient (Wildman–Crippen LogP) is 4.68. The van der Waals surface area contributed by atoms with Gasteiger partial charge in [0.15, 0.2) is 5.96 Å². The summed E-state index contributed by atoms with van der Waals surface area (Å²) in [5.74, 6) is 0.869. The Morgan fingerprint density at radius 2 is 2.13 bits per heavy atom. The summed E-state index contributed by atoms with van der Waals surface area (Å²) in [5, 5.41) is 4.14. The second-order valence-electron chi connectivity index (χ2n) is 5.58. The largest absolute Gasteiger partial charge is 0.370 e. The molecule has 126 valence electrons. The first-order valence-electron chi connectivity index (χ1n) is 7.61. The number of aryl methyl sites for hydroxylation is 2. The quantitative estimate of drug-likeness (QED) is 0.400. The Bertz CT molecular complexity index is 664. The third-order valence-corrected chi connectivity index (χ3v) is 4.39. The molecule has 1 aromatic heterocycles. The van der Waals surface area contributed by atoms with Crippen molar-refractivity contribution in [1.82, 2.24) is 4.98 Å². The lowest BCUT2D eigenvalue weighted by Crippen LogP contribution is -2.22. The molecule has 1 aromatic carbocycles. The van der Waals surface area contributed by atoms with Crippen LogP contribution in [0.4, 0.5) is 5.69 Å². The molecule has 0 unspecified atom stereocenters. The van der Waals surface area contributed by atoms with E-state index in [1.54, 1.807) is 11.3 Å². The van der Waals surface area contributed by atoms with Crippen LogP contribution in [0.15, 0.2) is 29.3 Å². The Labute approximate surface area is 159 Å². The lowest BCUT2D eigenvalue weighted by Gasteiger charge is -2.06. The highest BCUT2D eigenvalue weighted by Gasteiger charge is 2.10. The summed E-state index contributed by atoms with van der Waals surface area (Å²) in [4.78, 5) is 10.3. The van der Waals surface area contributed by atoms with Crippen molar-refractivity contribution in [2.24, 2.45) is 10.7 Å². The Morgan fingerprint density at radius 3 is 2.74 bits per heavy atom. The molecule has 4 nitrogen and oxygen atoms in total. The Balaban J connectivity index is 0.00000264. The van der Waals surface area contributed by atoms with Gasteiger partial charge in [0.1, 0.15) is 5.01 Å². The maximum Gasteiger partial charge on any atom is 0.193 e. The zero-order valence-electron chi connectivity index (χ0n) is 14.1. The van der Waals surface area contributed by atoms with Crippen LogP contribution in [0, 0.1) is 6.92 Å². The number of thiazole rings is 1. The number of aromatic nitrogens is 1. The molecule has 0 saturated heterocycles. The first-order valence-corrected chi connectivity index (χ1v) is 8.43. The predicted molar refractivity (Wildman–Crippen MR) is 111 cm³/mol. The molecule has 0 aliphatic heterocycles. The van der Waals surface area contributed by atoms with E-state index >= 15 is 0 Å². The topological polar surface area (TPSA) is 63.3 Å². The fourth-order valence-corrected chi connectivity index (χ4v) is 3.29. The second-order valence-corrected chi connectivity index (χ2v) is 6.87. The molecule has 0 bridgehead atoms. The van der Waals surface area contributed by atoms with Gasteiger partial charge in [-0.2, -0.15) is 0 Å². The number of nitrogens with one attached hydrogen (secondary N) is 1. The Morgan fingerprint density at radius 1 is 1.39 bits per heavy atom. The molecule has 2 aromatic rings. The zero-order chi connectivity index (χ0) is 16.1. The molecule has 2 rings (SSSR count). The van der Waals surface area contributed by atoms with E-state index in [9.17, 15) is 0 Å². The van der Waals surface area contributed by atoms with Crippen LogP contribution in [0.2, 0.25) is 0 Å². The van der Waals surface area contributed by atoms with Crippen LogP contribution in [0.25, 0.3) is 0 Å². The van der Waals surface area contributed by atoms with Crippen molar-refractivity contribution in [1.29, 1.82) is 0 Å². The van der Waals surface area contributed by atoms with E-state index in [0.29, 0.717) is 18.4 Å². The average Bonchev–Trinajstić information content (AvgIpc) is 2.86. The van der Waals surface area contributed by atoms with Crippen LogP contribution < -0.4 is 11.1 Å². The van der Waals surface area contributed by atoms with Gasteiger partial charge >= 0.3 is 0 Å². The summed E-state index contributed by atoms with van der Waals surface area (Å²) < 4.78 is 0. The van der Waals surface area contributed by atoms with E-state index in [1.165, 1.54) is 10.4 Å². The van der Waals surface area contributed by atoms with Crippen LogP contribution in [0.3, 0.4) is 0 Å². The van der Waals surface area contributed by atoms with E-state index < -0.39 is 0 Å². The van der Waals surface area contributed by atoms with Gasteiger partial charge in [-0.1, -0.05) is 32.9 Å². The normalized spacial score (nSPS) is 11.4. The van der Waals surface area contributed by atoms with Crippen LogP contribution >= 0.6 is 35.3 Å². The molecule has 3 N–H and O–H groups in total. The molecule has 0 spiro atoms. The number of hydrogen-bond acceptors (Lipinski definition) is 3. The molecule has 0 atom stereocenters. The number of nitrogens with two attached hydrogens (primary N) is 1. The number of aliphatic imine (C=N–C) groups is 1. The van der Waals surface area contributed by atoms with Gasteiger partial charge in [-0.25, -0.2) is 9.98 Å². The maximum absolute atomic E-state index is 5.97. The third-order valence-electron chi connectivity index (χ3n) is 3.42. The van der Waals surface area contributed by atoms with Gasteiger partial charge in [-0.3, -0.25) is 0 Å². The van der Waals surface area contributed by atoms with Crippen molar-refractivity contribution >= 4 is 47.0 Å². The minimum absolute atomic E-state index is 0. The van der Waals surface area contributed by atoms with E-state index in [2.05, 4.69) is 55.1 Å².